The lowest BCUT2D eigenvalue weighted by Crippen LogP contribution is -2.42. The zero-order chi connectivity index (χ0) is 11.5. The third-order valence-corrected chi connectivity index (χ3v) is 3.57. The first kappa shape index (κ1) is 11.6. The Balaban J connectivity index is 1.87. The molecule has 1 aliphatic heterocycles. The van der Waals surface area contributed by atoms with Gasteiger partial charge in [0.15, 0.2) is 5.82 Å². The van der Waals surface area contributed by atoms with Gasteiger partial charge < -0.3 is 4.90 Å². The van der Waals surface area contributed by atoms with Gasteiger partial charge >= 0.3 is 0 Å². The molecule has 1 aromatic heterocycles. The molecule has 16 heavy (non-hydrogen) atoms. The summed E-state index contributed by atoms with van der Waals surface area (Å²) in [4.78, 5) is 17.8. The topological polar surface area (TPSA) is 51.0 Å². The molecule has 2 heterocycles. The number of nitrogens with zero attached hydrogens (tertiary/aromatic N) is 4. The molecule has 0 radical (unpaired) electrons. The minimum absolute atomic E-state index is 0.00191. The van der Waals surface area contributed by atoms with Crippen molar-refractivity contribution in [2.45, 2.75) is 24.1 Å². The van der Waals surface area contributed by atoms with E-state index in [-0.39, 0.29) is 10.7 Å². The number of amides is 1. The van der Waals surface area contributed by atoms with Crippen molar-refractivity contribution in [2.24, 2.45) is 7.05 Å². The smallest absolute Gasteiger partial charge is 0.236 e. The van der Waals surface area contributed by atoms with E-state index in [1.54, 1.807) is 11.0 Å². The zero-order valence-corrected chi connectivity index (χ0v) is 10.9. The number of hydrogen-bond donors (Lipinski definition) is 0. The van der Waals surface area contributed by atoms with Gasteiger partial charge in [-0.2, -0.15) is 5.10 Å². The molecule has 6 heteroatoms. The summed E-state index contributed by atoms with van der Waals surface area (Å²) in [6.07, 6.45) is 4.42. The molecule has 0 saturated carbocycles. The minimum atomic E-state index is -0.00191. The molecular weight excluding hydrogens is 272 g/mol. The molecule has 0 bridgehead atoms. The number of piperidine rings is 1. The molecule has 1 fully saturated rings. The number of carbonyl (C=O) groups is 1. The first-order chi connectivity index (χ1) is 7.66. The first-order valence-electron chi connectivity index (χ1n) is 5.44. The highest BCUT2D eigenvalue weighted by molar-refractivity contribution is 9.10. The van der Waals surface area contributed by atoms with Crippen LogP contribution in [0.5, 0.6) is 0 Å². The Morgan fingerprint density at radius 3 is 3.12 bits per heavy atom. The summed E-state index contributed by atoms with van der Waals surface area (Å²) in [7, 11) is 1.84. The van der Waals surface area contributed by atoms with Gasteiger partial charge in [0.05, 0.1) is 4.83 Å². The molecule has 1 aromatic rings. The monoisotopic (exact) mass is 286 g/mol. The van der Waals surface area contributed by atoms with Crippen molar-refractivity contribution in [2.75, 3.05) is 13.1 Å². The third-order valence-electron chi connectivity index (χ3n) is 2.72. The van der Waals surface area contributed by atoms with Crippen molar-refractivity contribution in [3.05, 3.63) is 12.2 Å². The van der Waals surface area contributed by atoms with Gasteiger partial charge in [0.25, 0.3) is 0 Å². The summed E-state index contributed by atoms with van der Waals surface area (Å²) in [5.74, 6) is 0.995. The zero-order valence-electron chi connectivity index (χ0n) is 9.27. The van der Waals surface area contributed by atoms with Crippen molar-refractivity contribution in [3.63, 3.8) is 0 Å². The first-order valence-corrected chi connectivity index (χ1v) is 6.36. The Morgan fingerprint density at radius 2 is 2.44 bits per heavy atom. The van der Waals surface area contributed by atoms with Gasteiger partial charge in [-0.15, -0.1) is 0 Å². The van der Waals surface area contributed by atoms with Crippen LogP contribution in [0.15, 0.2) is 6.33 Å². The van der Waals surface area contributed by atoms with Gasteiger partial charge in [-0.25, -0.2) is 4.98 Å². The van der Waals surface area contributed by atoms with E-state index in [0.29, 0.717) is 6.54 Å². The van der Waals surface area contributed by atoms with Crippen molar-refractivity contribution < 1.29 is 4.79 Å². The minimum Gasteiger partial charge on any atom is -0.341 e. The van der Waals surface area contributed by atoms with Crippen LogP contribution in [0.25, 0.3) is 0 Å². The predicted octanol–water partition coefficient (Wildman–Crippen LogP) is 0.744. The van der Waals surface area contributed by atoms with Gasteiger partial charge in [0.1, 0.15) is 6.33 Å². The summed E-state index contributed by atoms with van der Waals surface area (Å²) < 4.78 is 1.68. The Labute approximate surface area is 103 Å². The molecule has 5 nitrogen and oxygen atoms in total. The Bertz CT molecular complexity index is 379. The second kappa shape index (κ2) is 4.95. The molecule has 1 unspecified atom stereocenters. The summed E-state index contributed by atoms with van der Waals surface area (Å²) in [6, 6.07) is 0. The number of likely N-dealkylation sites (tertiary alicyclic amines) is 1. The number of aryl methyl sites for hydroxylation is 1. The maximum Gasteiger partial charge on any atom is 0.236 e. The quantitative estimate of drug-likeness (QED) is 0.771. The van der Waals surface area contributed by atoms with E-state index in [9.17, 15) is 4.79 Å². The van der Waals surface area contributed by atoms with Gasteiger partial charge in [0.2, 0.25) is 5.91 Å². The molecule has 0 N–H and O–H groups in total. The van der Waals surface area contributed by atoms with Gasteiger partial charge in [0, 0.05) is 26.6 Å². The fourth-order valence-electron chi connectivity index (χ4n) is 1.85. The summed E-state index contributed by atoms with van der Waals surface area (Å²) >= 11 is 3.40. The highest BCUT2D eigenvalue weighted by atomic mass is 79.9. The van der Waals surface area contributed by atoms with E-state index < -0.39 is 0 Å². The van der Waals surface area contributed by atoms with E-state index >= 15 is 0 Å². The number of hydrogen-bond acceptors (Lipinski definition) is 3. The Hall–Kier alpha value is -0.910. The van der Waals surface area contributed by atoms with Crippen molar-refractivity contribution in [1.29, 1.82) is 0 Å². The molecule has 1 atom stereocenters. The standard InChI is InChI=1S/C10H15BrN4O/c1-14-7-12-9(13-14)4-6-15-5-2-3-8(11)10(15)16/h7-8H,2-6H2,1H3. The number of carbonyl (C=O) groups excluding carboxylic acids is 1. The number of alkyl halides is 1. The molecule has 0 aromatic carbocycles. The van der Waals surface area contributed by atoms with E-state index in [1.807, 2.05) is 11.9 Å². The van der Waals surface area contributed by atoms with Gasteiger partial charge in [-0.1, -0.05) is 15.9 Å². The number of rotatable bonds is 3. The normalized spacial score (nSPS) is 21.5. The van der Waals surface area contributed by atoms with Crippen LogP contribution in [0, 0.1) is 0 Å². The molecular formula is C10H15BrN4O. The van der Waals surface area contributed by atoms with E-state index in [2.05, 4.69) is 26.0 Å². The Kier molecular flexibility index (Phi) is 3.58. The van der Waals surface area contributed by atoms with Crippen LogP contribution in [-0.2, 0) is 18.3 Å². The van der Waals surface area contributed by atoms with E-state index in [4.69, 9.17) is 0 Å². The lowest BCUT2D eigenvalue weighted by Gasteiger charge is -2.29. The predicted molar refractivity (Wildman–Crippen MR) is 63.2 cm³/mol. The molecule has 1 aliphatic rings. The van der Waals surface area contributed by atoms with Crippen LogP contribution >= 0.6 is 15.9 Å². The van der Waals surface area contributed by atoms with Crippen LogP contribution in [-0.4, -0.2) is 43.5 Å². The van der Waals surface area contributed by atoms with Crippen LogP contribution in [0.4, 0.5) is 0 Å². The van der Waals surface area contributed by atoms with Crippen molar-refractivity contribution in [1.82, 2.24) is 19.7 Å². The lowest BCUT2D eigenvalue weighted by molar-refractivity contribution is -0.132. The van der Waals surface area contributed by atoms with Crippen LogP contribution in [0.1, 0.15) is 18.7 Å². The summed E-state index contributed by atoms with van der Waals surface area (Å²) in [5, 5.41) is 4.20. The largest absolute Gasteiger partial charge is 0.341 e. The molecule has 1 saturated heterocycles. The second-order valence-electron chi connectivity index (χ2n) is 4.02. The van der Waals surface area contributed by atoms with E-state index in [1.165, 1.54) is 0 Å². The highest BCUT2D eigenvalue weighted by Crippen LogP contribution is 2.18. The van der Waals surface area contributed by atoms with Crippen LogP contribution < -0.4 is 0 Å². The molecule has 1 amide bonds. The average Bonchev–Trinajstić information content (AvgIpc) is 2.67. The van der Waals surface area contributed by atoms with E-state index in [0.717, 1.165) is 31.6 Å². The molecule has 0 spiro atoms. The molecule has 88 valence electrons. The molecule has 0 aliphatic carbocycles. The lowest BCUT2D eigenvalue weighted by atomic mass is 10.1. The Morgan fingerprint density at radius 1 is 1.62 bits per heavy atom. The second-order valence-corrected chi connectivity index (χ2v) is 5.12. The average molecular weight is 287 g/mol. The fourth-order valence-corrected chi connectivity index (χ4v) is 2.46. The number of halogens is 1. The maximum absolute atomic E-state index is 11.8. The number of aromatic nitrogens is 3. The molecule has 2 rings (SSSR count). The fraction of sp³-hybridized carbons (Fsp3) is 0.700. The van der Waals surface area contributed by atoms with Crippen molar-refractivity contribution in [3.8, 4) is 0 Å². The van der Waals surface area contributed by atoms with Crippen molar-refractivity contribution >= 4 is 21.8 Å². The maximum atomic E-state index is 11.8. The van der Waals surface area contributed by atoms with Crippen LogP contribution in [0.2, 0.25) is 0 Å². The summed E-state index contributed by atoms with van der Waals surface area (Å²) in [5.41, 5.74) is 0. The van der Waals surface area contributed by atoms with Gasteiger partial charge in [-0.05, 0) is 12.8 Å². The van der Waals surface area contributed by atoms with Gasteiger partial charge in [-0.3, -0.25) is 9.48 Å². The summed E-state index contributed by atoms with van der Waals surface area (Å²) in [6.45, 7) is 1.57. The third kappa shape index (κ3) is 2.61. The SMILES string of the molecule is Cn1cnc(CCN2CCCC(Br)C2=O)n1. The highest BCUT2D eigenvalue weighted by Gasteiger charge is 2.26. The van der Waals surface area contributed by atoms with Crippen LogP contribution in [0.3, 0.4) is 0 Å².